The van der Waals surface area contributed by atoms with Crippen molar-refractivity contribution in [3.8, 4) is 5.75 Å². The van der Waals surface area contributed by atoms with E-state index in [1.54, 1.807) is 11.8 Å². The molecular formula is C17H22ClN3O. The Balaban J connectivity index is 1.80. The summed E-state index contributed by atoms with van der Waals surface area (Å²) in [6.07, 6.45) is 2.40. The van der Waals surface area contributed by atoms with Crippen LogP contribution in [0.3, 0.4) is 0 Å². The Morgan fingerprint density at radius 2 is 2.05 bits per heavy atom. The van der Waals surface area contributed by atoms with Gasteiger partial charge in [-0.2, -0.15) is 5.10 Å². The van der Waals surface area contributed by atoms with Gasteiger partial charge in [0.25, 0.3) is 0 Å². The van der Waals surface area contributed by atoms with Crippen molar-refractivity contribution >= 4 is 11.6 Å². The van der Waals surface area contributed by atoms with Crippen LogP contribution in [0.25, 0.3) is 0 Å². The Labute approximate surface area is 136 Å². The highest BCUT2D eigenvalue weighted by atomic mass is 35.5. The largest absolute Gasteiger partial charge is 0.497 e. The highest BCUT2D eigenvalue weighted by Gasteiger charge is 2.27. The summed E-state index contributed by atoms with van der Waals surface area (Å²) in [4.78, 5) is 2.50. The van der Waals surface area contributed by atoms with Crippen LogP contribution in [-0.4, -0.2) is 28.3 Å². The van der Waals surface area contributed by atoms with E-state index in [9.17, 15) is 0 Å². The van der Waals surface area contributed by atoms with Gasteiger partial charge in [0.15, 0.2) is 0 Å². The third-order valence-corrected chi connectivity index (χ3v) is 4.97. The third-order valence-electron chi connectivity index (χ3n) is 4.50. The number of hydrogen-bond acceptors (Lipinski definition) is 3. The number of aromatic nitrogens is 2. The Bertz CT molecular complexity index is 651. The zero-order valence-electron chi connectivity index (χ0n) is 13.3. The average molecular weight is 320 g/mol. The van der Waals surface area contributed by atoms with E-state index in [1.807, 2.05) is 26.1 Å². The predicted molar refractivity (Wildman–Crippen MR) is 88.3 cm³/mol. The second-order valence-corrected chi connectivity index (χ2v) is 6.24. The maximum atomic E-state index is 6.38. The first kappa shape index (κ1) is 15.4. The van der Waals surface area contributed by atoms with Crippen LogP contribution in [0.1, 0.15) is 35.7 Å². The number of rotatable bonds is 4. The molecule has 5 heteroatoms. The Morgan fingerprint density at radius 3 is 2.64 bits per heavy atom. The lowest BCUT2D eigenvalue weighted by Gasteiger charge is -2.25. The summed E-state index contributed by atoms with van der Waals surface area (Å²) < 4.78 is 7.00. The molecule has 22 heavy (non-hydrogen) atoms. The molecule has 1 aliphatic rings. The van der Waals surface area contributed by atoms with E-state index in [0.717, 1.165) is 35.2 Å². The second kappa shape index (κ2) is 6.31. The lowest BCUT2D eigenvalue weighted by Crippen LogP contribution is -2.23. The summed E-state index contributed by atoms with van der Waals surface area (Å²) in [6, 6.07) is 8.85. The fourth-order valence-electron chi connectivity index (χ4n) is 3.28. The minimum atomic E-state index is 0.446. The van der Waals surface area contributed by atoms with Gasteiger partial charge in [-0.25, -0.2) is 0 Å². The lowest BCUT2D eigenvalue weighted by molar-refractivity contribution is 0.248. The van der Waals surface area contributed by atoms with Gasteiger partial charge >= 0.3 is 0 Å². The molecule has 1 aromatic carbocycles. The van der Waals surface area contributed by atoms with Gasteiger partial charge in [0.1, 0.15) is 10.9 Å². The molecule has 0 aliphatic carbocycles. The average Bonchev–Trinajstić information content (AvgIpc) is 3.08. The Hall–Kier alpha value is -1.52. The minimum Gasteiger partial charge on any atom is -0.497 e. The highest BCUT2D eigenvalue weighted by Crippen LogP contribution is 2.35. The molecule has 1 unspecified atom stereocenters. The molecule has 1 atom stereocenters. The summed E-state index contributed by atoms with van der Waals surface area (Å²) in [5, 5.41) is 5.16. The SMILES string of the molecule is COc1ccc(C2CCCN2Cc2c(C)nn(C)c2Cl)cc1. The van der Waals surface area contributed by atoms with E-state index in [2.05, 4.69) is 22.1 Å². The first-order valence-corrected chi connectivity index (χ1v) is 8.04. The fraction of sp³-hybridized carbons (Fsp3) is 0.471. The molecule has 1 aromatic heterocycles. The molecule has 3 rings (SSSR count). The minimum absolute atomic E-state index is 0.446. The second-order valence-electron chi connectivity index (χ2n) is 5.88. The molecule has 2 heterocycles. The maximum Gasteiger partial charge on any atom is 0.131 e. The molecule has 1 fully saturated rings. The van der Waals surface area contributed by atoms with Crippen molar-refractivity contribution in [2.45, 2.75) is 32.4 Å². The van der Waals surface area contributed by atoms with Gasteiger partial charge in [-0.1, -0.05) is 23.7 Å². The smallest absolute Gasteiger partial charge is 0.131 e. The first-order valence-electron chi connectivity index (χ1n) is 7.66. The van der Waals surface area contributed by atoms with Gasteiger partial charge in [-0.3, -0.25) is 9.58 Å². The summed E-state index contributed by atoms with van der Waals surface area (Å²) in [7, 11) is 3.59. The first-order chi connectivity index (χ1) is 10.6. The normalized spacial score (nSPS) is 18.8. The van der Waals surface area contributed by atoms with Crippen molar-refractivity contribution in [1.29, 1.82) is 0 Å². The van der Waals surface area contributed by atoms with E-state index in [-0.39, 0.29) is 0 Å². The molecule has 0 bridgehead atoms. The lowest BCUT2D eigenvalue weighted by atomic mass is 10.0. The fourth-order valence-corrected chi connectivity index (χ4v) is 3.51. The number of ether oxygens (including phenoxy) is 1. The summed E-state index contributed by atoms with van der Waals surface area (Å²) in [5.41, 5.74) is 3.51. The Kier molecular flexibility index (Phi) is 4.41. The molecule has 0 N–H and O–H groups in total. The van der Waals surface area contributed by atoms with Gasteiger partial charge in [0.05, 0.1) is 12.8 Å². The molecule has 0 spiro atoms. The van der Waals surface area contributed by atoms with E-state index >= 15 is 0 Å². The molecule has 0 amide bonds. The predicted octanol–water partition coefficient (Wildman–Crippen LogP) is 3.73. The van der Waals surface area contributed by atoms with Crippen LogP contribution in [0, 0.1) is 6.92 Å². The number of methoxy groups -OCH3 is 1. The van der Waals surface area contributed by atoms with Gasteiger partial charge in [-0.05, 0) is 44.0 Å². The summed E-state index contributed by atoms with van der Waals surface area (Å²) in [6.45, 7) is 3.98. The molecule has 1 aliphatic heterocycles. The molecule has 2 aromatic rings. The molecule has 118 valence electrons. The van der Waals surface area contributed by atoms with Crippen molar-refractivity contribution in [2.75, 3.05) is 13.7 Å². The van der Waals surface area contributed by atoms with Gasteiger partial charge < -0.3 is 4.74 Å². The van der Waals surface area contributed by atoms with Crippen LogP contribution in [0.15, 0.2) is 24.3 Å². The number of benzene rings is 1. The summed E-state index contributed by atoms with van der Waals surface area (Å²) >= 11 is 6.38. The molecule has 0 radical (unpaired) electrons. The van der Waals surface area contributed by atoms with Crippen molar-refractivity contribution in [1.82, 2.24) is 14.7 Å². The highest BCUT2D eigenvalue weighted by molar-refractivity contribution is 6.30. The van der Waals surface area contributed by atoms with E-state index in [1.165, 1.54) is 18.4 Å². The van der Waals surface area contributed by atoms with Crippen LogP contribution in [-0.2, 0) is 13.6 Å². The maximum absolute atomic E-state index is 6.38. The Morgan fingerprint density at radius 1 is 1.32 bits per heavy atom. The monoisotopic (exact) mass is 319 g/mol. The molecular weight excluding hydrogens is 298 g/mol. The van der Waals surface area contributed by atoms with Crippen molar-refractivity contribution in [3.05, 3.63) is 46.2 Å². The van der Waals surface area contributed by atoms with Crippen LogP contribution >= 0.6 is 11.6 Å². The number of hydrogen-bond donors (Lipinski definition) is 0. The topological polar surface area (TPSA) is 30.3 Å². The summed E-state index contributed by atoms with van der Waals surface area (Å²) in [5.74, 6) is 0.902. The quantitative estimate of drug-likeness (QED) is 0.860. The molecule has 4 nitrogen and oxygen atoms in total. The van der Waals surface area contributed by atoms with E-state index in [0.29, 0.717) is 6.04 Å². The van der Waals surface area contributed by atoms with Crippen molar-refractivity contribution < 1.29 is 4.74 Å². The van der Waals surface area contributed by atoms with Gasteiger partial charge in [-0.15, -0.1) is 0 Å². The number of aryl methyl sites for hydroxylation is 2. The standard InChI is InChI=1S/C17H22ClN3O/c1-12-15(17(18)20(2)19-12)11-21-10-4-5-16(21)13-6-8-14(22-3)9-7-13/h6-9,16H,4-5,10-11H2,1-3H3. The van der Waals surface area contributed by atoms with E-state index in [4.69, 9.17) is 16.3 Å². The van der Waals surface area contributed by atoms with Gasteiger partial charge in [0, 0.05) is 25.2 Å². The zero-order chi connectivity index (χ0) is 15.7. The van der Waals surface area contributed by atoms with E-state index < -0.39 is 0 Å². The molecule has 1 saturated heterocycles. The van der Waals surface area contributed by atoms with Gasteiger partial charge in [0.2, 0.25) is 0 Å². The molecule has 0 saturated carbocycles. The van der Waals surface area contributed by atoms with Crippen LogP contribution in [0.5, 0.6) is 5.75 Å². The van der Waals surface area contributed by atoms with Crippen LogP contribution in [0.4, 0.5) is 0 Å². The van der Waals surface area contributed by atoms with Crippen molar-refractivity contribution in [2.24, 2.45) is 7.05 Å². The number of likely N-dealkylation sites (tertiary alicyclic amines) is 1. The van der Waals surface area contributed by atoms with Crippen molar-refractivity contribution in [3.63, 3.8) is 0 Å². The third kappa shape index (κ3) is 2.85. The van der Waals surface area contributed by atoms with Crippen LogP contribution in [0.2, 0.25) is 5.15 Å². The number of nitrogens with zero attached hydrogens (tertiary/aromatic N) is 3. The number of halogens is 1. The zero-order valence-corrected chi connectivity index (χ0v) is 14.1. The van der Waals surface area contributed by atoms with Crippen LogP contribution < -0.4 is 4.74 Å².